The van der Waals surface area contributed by atoms with E-state index in [1.165, 1.54) is 10.7 Å². The van der Waals surface area contributed by atoms with E-state index in [2.05, 4.69) is 25.6 Å². The van der Waals surface area contributed by atoms with Gasteiger partial charge in [-0.05, 0) is 28.6 Å². The first kappa shape index (κ1) is 14.9. The number of anilines is 1. The maximum Gasteiger partial charge on any atom is 0.387 e. The third kappa shape index (κ3) is 3.60. The normalized spacial score (nSPS) is 10.7. The van der Waals surface area contributed by atoms with E-state index in [9.17, 15) is 8.78 Å². The highest BCUT2D eigenvalue weighted by atomic mass is 19.3. The van der Waals surface area contributed by atoms with Gasteiger partial charge in [0.15, 0.2) is 0 Å². The SMILES string of the molecule is FC(F)Oc1ccccc1CNc1nnnn1-c1ccccc1. The molecule has 1 heterocycles. The summed E-state index contributed by atoms with van der Waals surface area (Å²) in [7, 11) is 0. The van der Waals surface area contributed by atoms with Crippen molar-refractivity contribution in [3.05, 3.63) is 60.2 Å². The Hall–Kier alpha value is -3.03. The Morgan fingerprint density at radius 3 is 2.57 bits per heavy atom. The van der Waals surface area contributed by atoms with Gasteiger partial charge in [-0.1, -0.05) is 41.5 Å². The number of aromatic nitrogens is 4. The Balaban J connectivity index is 1.77. The smallest absolute Gasteiger partial charge is 0.387 e. The van der Waals surface area contributed by atoms with Crippen molar-refractivity contribution in [3.8, 4) is 11.4 Å². The van der Waals surface area contributed by atoms with Gasteiger partial charge in [-0.3, -0.25) is 0 Å². The summed E-state index contributed by atoms with van der Waals surface area (Å²) in [5, 5.41) is 14.5. The van der Waals surface area contributed by atoms with Gasteiger partial charge in [0, 0.05) is 12.1 Å². The molecule has 118 valence electrons. The van der Waals surface area contributed by atoms with Gasteiger partial charge in [-0.2, -0.15) is 13.5 Å². The molecule has 0 amide bonds. The van der Waals surface area contributed by atoms with E-state index in [0.29, 0.717) is 11.5 Å². The van der Waals surface area contributed by atoms with Crippen LogP contribution in [0.3, 0.4) is 0 Å². The largest absolute Gasteiger partial charge is 0.434 e. The number of tetrazole rings is 1. The summed E-state index contributed by atoms with van der Waals surface area (Å²) in [6.07, 6.45) is 0. The zero-order valence-corrected chi connectivity index (χ0v) is 11.9. The van der Waals surface area contributed by atoms with E-state index in [0.717, 1.165) is 5.69 Å². The second-order valence-corrected chi connectivity index (χ2v) is 4.59. The van der Waals surface area contributed by atoms with Crippen LogP contribution in [0.5, 0.6) is 5.75 Å². The third-order valence-corrected chi connectivity index (χ3v) is 3.10. The van der Waals surface area contributed by atoms with Crippen LogP contribution in [0.25, 0.3) is 5.69 Å². The molecule has 0 bridgehead atoms. The zero-order valence-electron chi connectivity index (χ0n) is 11.9. The van der Waals surface area contributed by atoms with Crippen molar-refractivity contribution in [3.63, 3.8) is 0 Å². The Morgan fingerprint density at radius 2 is 1.78 bits per heavy atom. The number of nitrogens with zero attached hydrogens (tertiary/aromatic N) is 4. The Morgan fingerprint density at radius 1 is 1.04 bits per heavy atom. The first-order valence-corrected chi connectivity index (χ1v) is 6.84. The minimum atomic E-state index is -2.87. The van der Waals surface area contributed by atoms with E-state index in [4.69, 9.17) is 0 Å². The fraction of sp³-hybridized carbons (Fsp3) is 0.133. The van der Waals surface area contributed by atoms with Crippen LogP contribution in [0.2, 0.25) is 0 Å². The lowest BCUT2D eigenvalue weighted by atomic mass is 10.2. The van der Waals surface area contributed by atoms with E-state index in [1.807, 2.05) is 30.3 Å². The van der Waals surface area contributed by atoms with Crippen molar-refractivity contribution in [2.75, 3.05) is 5.32 Å². The first-order valence-electron chi connectivity index (χ1n) is 6.84. The molecule has 0 saturated carbocycles. The van der Waals surface area contributed by atoms with Crippen LogP contribution >= 0.6 is 0 Å². The summed E-state index contributed by atoms with van der Waals surface area (Å²) >= 11 is 0. The number of hydrogen-bond acceptors (Lipinski definition) is 5. The summed E-state index contributed by atoms with van der Waals surface area (Å²) < 4.78 is 30.9. The van der Waals surface area contributed by atoms with Gasteiger partial charge in [0.05, 0.1) is 5.69 Å². The number of benzene rings is 2. The molecule has 0 saturated heterocycles. The van der Waals surface area contributed by atoms with Gasteiger partial charge in [-0.25, -0.2) is 0 Å². The molecule has 0 fully saturated rings. The second-order valence-electron chi connectivity index (χ2n) is 4.59. The van der Waals surface area contributed by atoms with Crippen molar-refractivity contribution >= 4 is 5.95 Å². The summed E-state index contributed by atoms with van der Waals surface area (Å²) in [6, 6.07) is 15.9. The number of halogens is 2. The molecule has 6 nitrogen and oxygen atoms in total. The van der Waals surface area contributed by atoms with Gasteiger partial charge in [0.1, 0.15) is 5.75 Å². The molecule has 2 aromatic carbocycles. The van der Waals surface area contributed by atoms with Crippen molar-refractivity contribution in [2.45, 2.75) is 13.2 Å². The van der Waals surface area contributed by atoms with Crippen LogP contribution in [0, 0.1) is 0 Å². The summed E-state index contributed by atoms with van der Waals surface area (Å²) in [6.45, 7) is -2.62. The molecule has 0 atom stereocenters. The van der Waals surface area contributed by atoms with Crippen LogP contribution < -0.4 is 10.1 Å². The van der Waals surface area contributed by atoms with E-state index in [-0.39, 0.29) is 12.3 Å². The van der Waals surface area contributed by atoms with Crippen LogP contribution in [-0.2, 0) is 6.54 Å². The predicted molar refractivity (Wildman–Crippen MR) is 79.6 cm³/mol. The number of para-hydroxylation sites is 2. The lowest BCUT2D eigenvalue weighted by Gasteiger charge is -2.11. The molecule has 0 spiro atoms. The molecule has 0 aliphatic heterocycles. The molecule has 3 aromatic rings. The quantitative estimate of drug-likeness (QED) is 0.757. The van der Waals surface area contributed by atoms with Gasteiger partial charge >= 0.3 is 6.61 Å². The highest BCUT2D eigenvalue weighted by Gasteiger charge is 2.11. The minimum absolute atomic E-state index is 0.119. The third-order valence-electron chi connectivity index (χ3n) is 3.10. The van der Waals surface area contributed by atoms with Crippen LogP contribution in [-0.4, -0.2) is 26.8 Å². The van der Waals surface area contributed by atoms with Crippen LogP contribution in [0.4, 0.5) is 14.7 Å². The van der Waals surface area contributed by atoms with E-state index in [1.54, 1.807) is 18.2 Å². The highest BCUT2D eigenvalue weighted by molar-refractivity contribution is 5.41. The molecule has 23 heavy (non-hydrogen) atoms. The second kappa shape index (κ2) is 6.82. The summed E-state index contributed by atoms with van der Waals surface area (Å²) in [4.78, 5) is 0. The molecule has 0 unspecified atom stereocenters. The lowest BCUT2D eigenvalue weighted by molar-refractivity contribution is -0.0504. The number of nitrogens with one attached hydrogen (secondary N) is 1. The first-order chi connectivity index (χ1) is 11.2. The van der Waals surface area contributed by atoms with E-state index < -0.39 is 6.61 Å². The van der Waals surface area contributed by atoms with Crippen molar-refractivity contribution < 1.29 is 13.5 Å². The number of rotatable bonds is 6. The summed E-state index contributed by atoms with van der Waals surface area (Å²) in [5.74, 6) is 0.525. The molecule has 8 heteroatoms. The molecule has 3 rings (SSSR count). The average Bonchev–Trinajstić information content (AvgIpc) is 3.03. The maximum atomic E-state index is 12.4. The van der Waals surface area contributed by atoms with Gasteiger partial charge in [-0.15, -0.1) is 0 Å². The molecule has 0 aliphatic carbocycles. The maximum absolute atomic E-state index is 12.4. The van der Waals surface area contributed by atoms with Gasteiger partial charge in [0.25, 0.3) is 0 Å². The fourth-order valence-electron chi connectivity index (χ4n) is 2.08. The van der Waals surface area contributed by atoms with Crippen molar-refractivity contribution in [1.82, 2.24) is 20.2 Å². The molecule has 1 N–H and O–H groups in total. The zero-order chi connectivity index (χ0) is 16.1. The van der Waals surface area contributed by atoms with Crippen LogP contribution in [0.1, 0.15) is 5.56 Å². The minimum Gasteiger partial charge on any atom is -0.434 e. The number of ether oxygens (including phenoxy) is 1. The van der Waals surface area contributed by atoms with Crippen molar-refractivity contribution in [1.29, 1.82) is 0 Å². The number of hydrogen-bond donors (Lipinski definition) is 1. The monoisotopic (exact) mass is 317 g/mol. The fourth-order valence-corrected chi connectivity index (χ4v) is 2.08. The average molecular weight is 317 g/mol. The highest BCUT2D eigenvalue weighted by Crippen LogP contribution is 2.21. The molecular weight excluding hydrogens is 304 g/mol. The van der Waals surface area contributed by atoms with Gasteiger partial charge in [0.2, 0.25) is 5.95 Å². The predicted octanol–water partition coefficient (Wildman–Crippen LogP) is 2.88. The molecule has 0 aliphatic rings. The Bertz CT molecular complexity index is 763. The van der Waals surface area contributed by atoms with Crippen LogP contribution in [0.15, 0.2) is 54.6 Å². The Kier molecular flexibility index (Phi) is 4.41. The standard InChI is InChI=1S/C15H13F2N5O/c16-14(17)23-13-9-5-4-6-11(13)10-18-15-19-20-21-22(15)12-7-2-1-3-8-12/h1-9,14H,10H2,(H,18,19,21). The lowest BCUT2D eigenvalue weighted by Crippen LogP contribution is -2.10. The Labute approximate surface area is 130 Å². The molecule has 1 aromatic heterocycles. The summed E-state index contributed by atoms with van der Waals surface area (Å²) in [5.41, 5.74) is 1.37. The van der Waals surface area contributed by atoms with E-state index >= 15 is 0 Å². The molecular formula is C15H13F2N5O. The topological polar surface area (TPSA) is 64.9 Å². The van der Waals surface area contributed by atoms with Gasteiger partial charge < -0.3 is 10.1 Å². The molecule has 0 radical (unpaired) electrons. The number of alkyl halides is 2. The van der Waals surface area contributed by atoms with Crippen molar-refractivity contribution in [2.24, 2.45) is 0 Å².